The molecule has 0 aromatic heterocycles. The van der Waals surface area contributed by atoms with E-state index in [1.807, 2.05) is 0 Å². The lowest BCUT2D eigenvalue weighted by Gasteiger charge is -2.37. The summed E-state index contributed by atoms with van der Waals surface area (Å²) in [4.78, 5) is 12.9. The minimum absolute atomic E-state index is 0.678. The number of hydrogen-bond acceptors (Lipinski definition) is 3. The van der Waals surface area contributed by atoms with E-state index < -0.39 is 11.5 Å². The Morgan fingerprint density at radius 3 is 1.83 bits per heavy atom. The van der Waals surface area contributed by atoms with Crippen molar-refractivity contribution in [1.82, 2.24) is 4.90 Å². The van der Waals surface area contributed by atoms with Crippen LogP contribution in [0, 0.1) is 0 Å². The van der Waals surface area contributed by atoms with Crippen molar-refractivity contribution in [3.05, 3.63) is 0 Å². The molecule has 108 valence electrons. The Morgan fingerprint density at radius 2 is 1.44 bits per heavy atom. The van der Waals surface area contributed by atoms with Crippen LogP contribution in [0.3, 0.4) is 0 Å². The first kappa shape index (κ1) is 17.4. The average molecular weight is 256 g/mol. The lowest BCUT2D eigenvalue weighted by Crippen LogP contribution is -2.55. The lowest BCUT2D eigenvalue weighted by atomic mass is 9.93. The van der Waals surface area contributed by atoms with Crippen molar-refractivity contribution < 1.29 is 9.90 Å². The number of carboxylic acids is 1. The van der Waals surface area contributed by atoms with Gasteiger partial charge in [0.15, 0.2) is 0 Å². The van der Waals surface area contributed by atoms with E-state index in [1.165, 1.54) is 38.5 Å². The second-order valence-corrected chi connectivity index (χ2v) is 5.68. The maximum absolute atomic E-state index is 11.1. The predicted molar refractivity (Wildman–Crippen MR) is 74.3 cm³/mol. The van der Waals surface area contributed by atoms with E-state index >= 15 is 0 Å². The monoisotopic (exact) mass is 256 g/mol. The van der Waals surface area contributed by atoms with Crippen molar-refractivity contribution in [3.63, 3.8) is 0 Å². The summed E-state index contributed by atoms with van der Waals surface area (Å²) in [6.07, 6.45) is 10.6. The number of hydrogen-bond donors (Lipinski definition) is 0. The second-order valence-electron chi connectivity index (χ2n) is 5.68. The maximum atomic E-state index is 11.1. The molecule has 0 N–H and O–H groups in total. The molecule has 0 amide bonds. The van der Waals surface area contributed by atoms with Crippen LogP contribution in [0.15, 0.2) is 0 Å². The normalized spacial score (nSPS) is 14.7. The van der Waals surface area contributed by atoms with Crippen LogP contribution in [0.4, 0.5) is 0 Å². The quantitative estimate of drug-likeness (QED) is 0.534. The van der Waals surface area contributed by atoms with Crippen LogP contribution in [0.2, 0.25) is 0 Å². The van der Waals surface area contributed by atoms with Gasteiger partial charge in [-0.2, -0.15) is 0 Å². The molecule has 0 rings (SSSR count). The molecule has 0 aliphatic rings. The molecule has 0 saturated carbocycles. The molecule has 3 heteroatoms. The summed E-state index contributed by atoms with van der Waals surface area (Å²) in [5, 5.41) is 11.1. The Bertz CT molecular complexity index is 229. The van der Waals surface area contributed by atoms with Gasteiger partial charge < -0.3 is 9.90 Å². The molecule has 0 heterocycles. The molecule has 1 unspecified atom stereocenters. The van der Waals surface area contributed by atoms with Gasteiger partial charge in [0.1, 0.15) is 0 Å². The van der Waals surface area contributed by atoms with Gasteiger partial charge in [0.25, 0.3) is 0 Å². The number of unbranched alkanes of at least 4 members (excludes halogenated alkanes) is 7. The fourth-order valence-corrected chi connectivity index (χ4v) is 2.11. The molecule has 0 radical (unpaired) electrons. The van der Waals surface area contributed by atoms with Crippen LogP contribution in [-0.2, 0) is 4.79 Å². The summed E-state index contributed by atoms with van der Waals surface area (Å²) in [5.41, 5.74) is -0.817. The summed E-state index contributed by atoms with van der Waals surface area (Å²) in [6, 6.07) is 0. The smallest absolute Gasteiger partial charge is 0.0615 e. The van der Waals surface area contributed by atoms with Crippen LogP contribution < -0.4 is 5.11 Å². The Balaban J connectivity index is 3.66. The molecule has 0 bridgehead atoms. The minimum atomic E-state index is -0.963. The third kappa shape index (κ3) is 6.39. The Morgan fingerprint density at radius 1 is 1.00 bits per heavy atom. The highest BCUT2D eigenvalue weighted by molar-refractivity contribution is 5.75. The predicted octanol–water partition coefficient (Wildman–Crippen LogP) is 2.59. The highest BCUT2D eigenvalue weighted by Gasteiger charge is 2.27. The first-order valence-corrected chi connectivity index (χ1v) is 7.34. The number of nitrogens with zero attached hydrogens (tertiary/aromatic N) is 1. The minimum Gasteiger partial charge on any atom is -0.548 e. The van der Waals surface area contributed by atoms with Crippen LogP contribution in [0.5, 0.6) is 0 Å². The van der Waals surface area contributed by atoms with E-state index in [0.717, 1.165) is 12.8 Å². The topological polar surface area (TPSA) is 43.4 Å². The average Bonchev–Trinajstić information content (AvgIpc) is 2.31. The molecular formula is C15H30NO2-. The van der Waals surface area contributed by atoms with Gasteiger partial charge in [0.2, 0.25) is 0 Å². The highest BCUT2D eigenvalue weighted by Crippen LogP contribution is 2.20. The summed E-state index contributed by atoms with van der Waals surface area (Å²) in [5.74, 6) is -0.963. The molecule has 1 atom stereocenters. The SMILES string of the molecule is CCCCCCCCCCC(C)(C(=O)[O-])N(C)C. The zero-order valence-electron chi connectivity index (χ0n) is 12.6. The van der Waals surface area contributed by atoms with Crippen molar-refractivity contribution in [2.45, 2.75) is 77.2 Å². The van der Waals surface area contributed by atoms with Gasteiger partial charge in [-0.25, -0.2) is 0 Å². The van der Waals surface area contributed by atoms with Crippen LogP contribution in [0.1, 0.15) is 71.6 Å². The maximum Gasteiger partial charge on any atom is 0.0615 e. The van der Waals surface area contributed by atoms with Gasteiger partial charge in [-0.15, -0.1) is 0 Å². The van der Waals surface area contributed by atoms with E-state index in [2.05, 4.69) is 6.92 Å². The van der Waals surface area contributed by atoms with Gasteiger partial charge in [-0.05, 0) is 27.4 Å². The Labute approximate surface area is 113 Å². The fraction of sp³-hybridized carbons (Fsp3) is 0.933. The van der Waals surface area contributed by atoms with Crippen LogP contribution >= 0.6 is 0 Å². The molecule has 0 fully saturated rings. The number of likely N-dealkylation sites (N-methyl/N-ethyl adjacent to an activating group) is 1. The van der Waals surface area contributed by atoms with E-state index in [1.54, 1.807) is 25.9 Å². The van der Waals surface area contributed by atoms with Gasteiger partial charge >= 0.3 is 0 Å². The van der Waals surface area contributed by atoms with E-state index in [9.17, 15) is 9.90 Å². The van der Waals surface area contributed by atoms with E-state index in [4.69, 9.17) is 0 Å². The van der Waals surface area contributed by atoms with Crippen molar-refractivity contribution in [2.75, 3.05) is 14.1 Å². The number of aliphatic carboxylic acids is 1. The van der Waals surface area contributed by atoms with E-state index in [0.29, 0.717) is 6.42 Å². The molecule has 18 heavy (non-hydrogen) atoms. The Hall–Kier alpha value is -0.570. The third-order valence-corrected chi connectivity index (χ3v) is 3.94. The molecule has 0 aliphatic heterocycles. The zero-order chi connectivity index (χ0) is 14.0. The van der Waals surface area contributed by atoms with Gasteiger partial charge in [-0.3, -0.25) is 4.90 Å². The van der Waals surface area contributed by atoms with Crippen molar-refractivity contribution in [2.24, 2.45) is 0 Å². The van der Waals surface area contributed by atoms with Crippen molar-refractivity contribution >= 4 is 5.97 Å². The molecular weight excluding hydrogens is 226 g/mol. The zero-order valence-corrected chi connectivity index (χ0v) is 12.6. The summed E-state index contributed by atoms with van der Waals surface area (Å²) in [6.45, 7) is 3.98. The molecule has 0 aromatic rings. The summed E-state index contributed by atoms with van der Waals surface area (Å²) >= 11 is 0. The summed E-state index contributed by atoms with van der Waals surface area (Å²) in [7, 11) is 3.61. The fourth-order valence-electron chi connectivity index (χ4n) is 2.11. The molecule has 0 aliphatic carbocycles. The second kappa shape index (κ2) is 9.37. The standard InChI is InChI=1S/C15H31NO2/c1-5-6-7-8-9-10-11-12-13-15(2,14(17)18)16(3)4/h5-13H2,1-4H3,(H,17,18)/p-1. The van der Waals surface area contributed by atoms with Crippen molar-refractivity contribution in [1.29, 1.82) is 0 Å². The Kier molecular flexibility index (Phi) is 9.08. The van der Waals surface area contributed by atoms with Crippen LogP contribution in [-0.4, -0.2) is 30.5 Å². The largest absolute Gasteiger partial charge is 0.548 e. The first-order valence-electron chi connectivity index (χ1n) is 7.34. The molecule has 0 saturated heterocycles. The molecule has 0 aromatic carbocycles. The van der Waals surface area contributed by atoms with Crippen molar-refractivity contribution in [3.8, 4) is 0 Å². The number of rotatable bonds is 11. The number of carbonyl (C=O) groups excluding carboxylic acids is 1. The van der Waals surface area contributed by atoms with Gasteiger partial charge in [-0.1, -0.05) is 58.3 Å². The number of carbonyl (C=O) groups is 1. The first-order chi connectivity index (χ1) is 8.45. The molecule has 3 nitrogen and oxygen atoms in total. The molecule has 0 spiro atoms. The number of carboxylic acid groups (broad SMARTS) is 1. The van der Waals surface area contributed by atoms with Gasteiger partial charge in [0, 0.05) is 0 Å². The highest BCUT2D eigenvalue weighted by atomic mass is 16.4. The van der Waals surface area contributed by atoms with E-state index in [-0.39, 0.29) is 0 Å². The third-order valence-electron chi connectivity index (χ3n) is 3.94. The summed E-state index contributed by atoms with van der Waals surface area (Å²) < 4.78 is 0. The lowest BCUT2D eigenvalue weighted by molar-refractivity contribution is -0.318. The van der Waals surface area contributed by atoms with Gasteiger partial charge in [0.05, 0.1) is 11.5 Å². The van der Waals surface area contributed by atoms with Crippen LogP contribution in [0.25, 0.3) is 0 Å².